The van der Waals surface area contributed by atoms with Gasteiger partial charge in [0.1, 0.15) is 17.4 Å². The van der Waals surface area contributed by atoms with Gasteiger partial charge in [-0.3, -0.25) is 9.59 Å². The molecule has 2 amide bonds. The molecule has 0 bridgehead atoms. The number of carbonyl (C=O) groups is 2. The minimum absolute atomic E-state index is 0.253. The van der Waals surface area contributed by atoms with Crippen LogP contribution in [0.15, 0.2) is 4.52 Å². The topological polar surface area (TPSA) is 101 Å². The van der Waals surface area contributed by atoms with Gasteiger partial charge in [-0.05, 0) is 13.8 Å². The van der Waals surface area contributed by atoms with Crippen LogP contribution in [-0.2, 0) is 4.79 Å². The first-order valence-electron chi connectivity index (χ1n) is 5.76. The second kappa shape index (κ2) is 4.77. The number of rotatable bonds is 2. The Morgan fingerprint density at radius 2 is 2.22 bits per heavy atom. The third-order valence-corrected chi connectivity index (χ3v) is 3.08. The zero-order valence-corrected chi connectivity index (χ0v) is 10.4. The van der Waals surface area contributed by atoms with E-state index in [0.717, 1.165) is 0 Å². The van der Waals surface area contributed by atoms with Crippen molar-refractivity contribution in [2.24, 2.45) is 5.73 Å². The first kappa shape index (κ1) is 12.6. The average Bonchev–Trinajstić information content (AvgIpc) is 2.68. The number of amides is 2. The van der Waals surface area contributed by atoms with E-state index in [1.807, 2.05) is 0 Å². The number of nitrogens with two attached hydrogens (primary N) is 1. The first-order valence-corrected chi connectivity index (χ1v) is 5.76. The quantitative estimate of drug-likeness (QED) is 0.717. The Morgan fingerprint density at radius 1 is 1.50 bits per heavy atom. The van der Waals surface area contributed by atoms with E-state index in [1.54, 1.807) is 13.8 Å². The van der Waals surface area contributed by atoms with Gasteiger partial charge >= 0.3 is 0 Å². The van der Waals surface area contributed by atoms with Crippen LogP contribution in [0.5, 0.6) is 0 Å². The minimum atomic E-state index is -0.625. The van der Waals surface area contributed by atoms with Gasteiger partial charge in [0.25, 0.3) is 5.91 Å². The molecule has 1 fully saturated rings. The van der Waals surface area contributed by atoms with Gasteiger partial charge in [-0.1, -0.05) is 5.16 Å². The molecule has 3 N–H and O–H groups in total. The fourth-order valence-corrected chi connectivity index (χ4v) is 2.13. The van der Waals surface area contributed by atoms with Crippen LogP contribution in [-0.4, -0.2) is 47.5 Å². The lowest BCUT2D eigenvalue weighted by Crippen LogP contribution is -2.58. The summed E-state index contributed by atoms with van der Waals surface area (Å²) in [5.74, 6) is -0.307. The second-order valence-corrected chi connectivity index (χ2v) is 4.32. The standard InChI is InChI=1S/C11H16N4O3/c1-6-9(7(2)18-14-6)11(17)15-4-3-13-5-8(15)10(12)16/h8,13H,3-5H2,1-2H3,(H2,12,16). The normalized spacial score (nSPS) is 19.9. The molecule has 0 saturated carbocycles. The van der Waals surface area contributed by atoms with Gasteiger partial charge in [0.05, 0.1) is 5.69 Å². The Bertz CT molecular complexity index is 463. The number of carbonyl (C=O) groups excluding carboxylic acids is 2. The Kier molecular flexibility index (Phi) is 3.33. The number of aromatic nitrogens is 1. The maximum absolute atomic E-state index is 12.4. The molecule has 1 unspecified atom stereocenters. The zero-order valence-electron chi connectivity index (χ0n) is 10.4. The summed E-state index contributed by atoms with van der Waals surface area (Å²) in [5.41, 5.74) is 6.26. The predicted molar refractivity (Wildman–Crippen MR) is 62.9 cm³/mol. The fourth-order valence-electron chi connectivity index (χ4n) is 2.13. The molecule has 1 aliphatic rings. The number of piperazine rings is 1. The summed E-state index contributed by atoms with van der Waals surface area (Å²) in [4.78, 5) is 25.2. The van der Waals surface area contributed by atoms with E-state index < -0.39 is 11.9 Å². The molecule has 0 aliphatic carbocycles. The van der Waals surface area contributed by atoms with E-state index in [-0.39, 0.29) is 5.91 Å². The van der Waals surface area contributed by atoms with Crippen LogP contribution in [0.25, 0.3) is 0 Å². The summed E-state index contributed by atoms with van der Waals surface area (Å²) in [7, 11) is 0. The van der Waals surface area contributed by atoms with Crippen molar-refractivity contribution in [3.05, 3.63) is 17.0 Å². The molecule has 1 aliphatic heterocycles. The molecule has 1 atom stereocenters. The van der Waals surface area contributed by atoms with Gasteiger partial charge in [-0.25, -0.2) is 0 Å². The lowest BCUT2D eigenvalue weighted by molar-refractivity contribution is -0.122. The molecular weight excluding hydrogens is 236 g/mol. The molecule has 0 spiro atoms. The average molecular weight is 252 g/mol. The highest BCUT2D eigenvalue weighted by Gasteiger charge is 2.33. The van der Waals surface area contributed by atoms with Gasteiger partial charge in [0.15, 0.2) is 0 Å². The van der Waals surface area contributed by atoms with Crippen molar-refractivity contribution < 1.29 is 14.1 Å². The van der Waals surface area contributed by atoms with Gasteiger partial charge < -0.3 is 20.5 Å². The van der Waals surface area contributed by atoms with Crippen molar-refractivity contribution in [3.63, 3.8) is 0 Å². The maximum atomic E-state index is 12.4. The molecule has 1 aromatic rings. The molecule has 7 nitrogen and oxygen atoms in total. The summed E-state index contributed by atoms with van der Waals surface area (Å²) < 4.78 is 4.97. The lowest BCUT2D eigenvalue weighted by atomic mass is 10.1. The van der Waals surface area contributed by atoms with Gasteiger partial charge in [-0.2, -0.15) is 0 Å². The monoisotopic (exact) mass is 252 g/mol. The molecular formula is C11H16N4O3. The van der Waals surface area contributed by atoms with Crippen molar-refractivity contribution >= 4 is 11.8 Å². The van der Waals surface area contributed by atoms with E-state index >= 15 is 0 Å². The second-order valence-electron chi connectivity index (χ2n) is 4.32. The highest BCUT2D eigenvalue weighted by Crippen LogP contribution is 2.17. The Balaban J connectivity index is 2.29. The number of primary amides is 1. The minimum Gasteiger partial charge on any atom is -0.368 e. The number of hydrogen-bond acceptors (Lipinski definition) is 5. The Hall–Kier alpha value is -1.89. The summed E-state index contributed by atoms with van der Waals surface area (Å²) in [6.07, 6.45) is 0. The lowest BCUT2D eigenvalue weighted by Gasteiger charge is -2.34. The van der Waals surface area contributed by atoms with E-state index in [4.69, 9.17) is 10.3 Å². The summed E-state index contributed by atoms with van der Waals surface area (Å²) in [5, 5.41) is 6.79. The van der Waals surface area contributed by atoms with Gasteiger partial charge in [-0.15, -0.1) is 0 Å². The van der Waals surface area contributed by atoms with Crippen LogP contribution < -0.4 is 11.1 Å². The van der Waals surface area contributed by atoms with Crippen molar-refractivity contribution in [2.75, 3.05) is 19.6 Å². The Morgan fingerprint density at radius 3 is 2.78 bits per heavy atom. The van der Waals surface area contributed by atoms with Crippen molar-refractivity contribution in [1.29, 1.82) is 0 Å². The maximum Gasteiger partial charge on any atom is 0.260 e. The molecule has 7 heteroatoms. The highest BCUT2D eigenvalue weighted by atomic mass is 16.5. The Labute approximate surface area is 104 Å². The summed E-state index contributed by atoms with van der Waals surface area (Å²) in [6.45, 7) is 4.83. The van der Waals surface area contributed by atoms with Crippen LogP contribution >= 0.6 is 0 Å². The van der Waals surface area contributed by atoms with E-state index in [9.17, 15) is 9.59 Å². The molecule has 18 heavy (non-hydrogen) atoms. The van der Waals surface area contributed by atoms with Crippen molar-refractivity contribution in [3.8, 4) is 0 Å². The van der Waals surface area contributed by atoms with E-state index in [2.05, 4.69) is 10.5 Å². The zero-order chi connectivity index (χ0) is 13.3. The summed E-state index contributed by atoms with van der Waals surface area (Å²) >= 11 is 0. The fraction of sp³-hybridized carbons (Fsp3) is 0.545. The molecule has 1 saturated heterocycles. The number of nitrogens with one attached hydrogen (secondary N) is 1. The third-order valence-electron chi connectivity index (χ3n) is 3.08. The van der Waals surface area contributed by atoms with Gasteiger partial charge in [0, 0.05) is 19.6 Å². The van der Waals surface area contributed by atoms with Crippen LogP contribution in [0.1, 0.15) is 21.8 Å². The molecule has 1 aromatic heterocycles. The SMILES string of the molecule is Cc1noc(C)c1C(=O)N1CCNCC1C(N)=O. The molecule has 98 valence electrons. The van der Waals surface area contributed by atoms with Crippen molar-refractivity contribution in [1.82, 2.24) is 15.4 Å². The predicted octanol–water partition coefficient (Wildman–Crippen LogP) is -0.809. The first-order chi connectivity index (χ1) is 8.52. The summed E-state index contributed by atoms with van der Waals surface area (Å²) in [6, 6.07) is -0.625. The van der Waals surface area contributed by atoms with Crippen LogP contribution in [0.4, 0.5) is 0 Å². The number of nitrogens with zero attached hydrogens (tertiary/aromatic N) is 2. The largest absolute Gasteiger partial charge is 0.368 e. The molecule has 0 radical (unpaired) electrons. The molecule has 2 heterocycles. The van der Waals surface area contributed by atoms with Crippen LogP contribution in [0.3, 0.4) is 0 Å². The van der Waals surface area contributed by atoms with E-state index in [1.165, 1.54) is 4.90 Å². The van der Waals surface area contributed by atoms with E-state index in [0.29, 0.717) is 36.7 Å². The molecule has 0 aromatic carbocycles. The smallest absolute Gasteiger partial charge is 0.260 e. The van der Waals surface area contributed by atoms with Crippen LogP contribution in [0, 0.1) is 13.8 Å². The number of hydrogen-bond donors (Lipinski definition) is 2. The molecule has 2 rings (SSSR count). The highest BCUT2D eigenvalue weighted by molar-refractivity contribution is 5.99. The van der Waals surface area contributed by atoms with Crippen LogP contribution in [0.2, 0.25) is 0 Å². The van der Waals surface area contributed by atoms with Crippen molar-refractivity contribution in [2.45, 2.75) is 19.9 Å². The van der Waals surface area contributed by atoms with Gasteiger partial charge in [0.2, 0.25) is 5.91 Å². The number of aryl methyl sites for hydroxylation is 2. The third kappa shape index (κ3) is 2.08.